The summed E-state index contributed by atoms with van der Waals surface area (Å²) in [5, 5.41) is 11.6. The fraction of sp³-hybridized carbons (Fsp3) is 0.917. The number of rotatable bonds is 7. The molecule has 2 unspecified atom stereocenters. The van der Waals surface area contributed by atoms with Crippen molar-refractivity contribution in [3.05, 3.63) is 0 Å². The fourth-order valence-corrected chi connectivity index (χ4v) is 2.91. The summed E-state index contributed by atoms with van der Waals surface area (Å²) in [4.78, 5) is 11.9. The molecule has 0 saturated heterocycles. The van der Waals surface area contributed by atoms with Crippen molar-refractivity contribution >= 4 is 17.7 Å². The highest BCUT2D eigenvalue weighted by Gasteiger charge is 2.27. The normalized spacial score (nSPS) is 24.6. The summed E-state index contributed by atoms with van der Waals surface area (Å²) < 4.78 is 0. The van der Waals surface area contributed by atoms with Gasteiger partial charge in [0.15, 0.2) is 0 Å². The molecule has 100 valence electrons. The highest BCUT2D eigenvalue weighted by Crippen LogP contribution is 2.22. The Balaban J connectivity index is 2.07. The van der Waals surface area contributed by atoms with Crippen LogP contribution in [0.1, 0.15) is 32.1 Å². The zero-order valence-corrected chi connectivity index (χ0v) is 11.2. The maximum absolute atomic E-state index is 11.9. The van der Waals surface area contributed by atoms with Gasteiger partial charge in [0.1, 0.15) is 0 Å². The van der Waals surface area contributed by atoms with Crippen LogP contribution in [-0.2, 0) is 4.79 Å². The van der Waals surface area contributed by atoms with Gasteiger partial charge in [0, 0.05) is 24.9 Å². The number of nitrogens with one attached hydrogen (secondary N) is 1. The third-order valence-electron chi connectivity index (χ3n) is 3.15. The lowest BCUT2D eigenvalue weighted by Gasteiger charge is -2.27. The van der Waals surface area contributed by atoms with Crippen LogP contribution in [0.4, 0.5) is 0 Å². The minimum absolute atomic E-state index is 0.0196. The minimum atomic E-state index is 0.0196. The molecule has 0 aromatic rings. The number of amides is 1. The van der Waals surface area contributed by atoms with Gasteiger partial charge in [0.25, 0.3) is 0 Å². The number of aliphatic hydroxyl groups is 1. The Hall–Kier alpha value is -0.260. The summed E-state index contributed by atoms with van der Waals surface area (Å²) in [5.74, 6) is 2.01. The van der Waals surface area contributed by atoms with Crippen LogP contribution >= 0.6 is 11.8 Å². The van der Waals surface area contributed by atoms with E-state index in [1.165, 1.54) is 0 Å². The molecule has 1 saturated carbocycles. The molecule has 17 heavy (non-hydrogen) atoms. The topological polar surface area (TPSA) is 75.4 Å². The van der Waals surface area contributed by atoms with Crippen LogP contribution in [-0.4, -0.2) is 41.7 Å². The molecule has 1 amide bonds. The first-order valence-electron chi connectivity index (χ1n) is 6.47. The molecule has 0 aliphatic heterocycles. The van der Waals surface area contributed by atoms with E-state index in [9.17, 15) is 4.79 Å². The van der Waals surface area contributed by atoms with E-state index >= 15 is 0 Å². The van der Waals surface area contributed by atoms with Gasteiger partial charge in [-0.15, -0.1) is 0 Å². The van der Waals surface area contributed by atoms with Gasteiger partial charge in [-0.25, -0.2) is 0 Å². The van der Waals surface area contributed by atoms with Crippen molar-refractivity contribution in [3.8, 4) is 0 Å². The van der Waals surface area contributed by atoms with Gasteiger partial charge in [0.05, 0.1) is 5.92 Å². The maximum Gasteiger partial charge on any atom is 0.224 e. The Morgan fingerprint density at radius 2 is 2.12 bits per heavy atom. The first kappa shape index (κ1) is 14.8. The smallest absolute Gasteiger partial charge is 0.224 e. The number of hydrogen-bond donors (Lipinski definition) is 3. The molecule has 0 bridgehead atoms. The van der Waals surface area contributed by atoms with E-state index in [1.54, 1.807) is 11.8 Å². The van der Waals surface area contributed by atoms with Crippen molar-refractivity contribution in [2.24, 2.45) is 11.7 Å². The molecule has 0 radical (unpaired) electrons. The zero-order chi connectivity index (χ0) is 12.5. The first-order valence-corrected chi connectivity index (χ1v) is 7.63. The number of nitrogens with two attached hydrogens (primary N) is 1. The number of thioether (sulfide) groups is 1. The Morgan fingerprint density at radius 1 is 1.35 bits per heavy atom. The molecule has 4 N–H and O–H groups in total. The van der Waals surface area contributed by atoms with Crippen molar-refractivity contribution in [3.63, 3.8) is 0 Å². The summed E-state index contributed by atoms with van der Waals surface area (Å²) in [6, 6.07) is 0.0470. The van der Waals surface area contributed by atoms with Crippen molar-refractivity contribution in [1.82, 2.24) is 5.32 Å². The average Bonchev–Trinajstić information content (AvgIpc) is 2.34. The highest BCUT2D eigenvalue weighted by molar-refractivity contribution is 7.99. The van der Waals surface area contributed by atoms with Crippen LogP contribution in [0.25, 0.3) is 0 Å². The fourth-order valence-electron chi connectivity index (χ4n) is 2.13. The third kappa shape index (κ3) is 5.75. The summed E-state index contributed by atoms with van der Waals surface area (Å²) >= 11 is 1.76. The molecule has 1 aliphatic rings. The Labute approximate surface area is 108 Å². The predicted molar refractivity (Wildman–Crippen MR) is 72.0 cm³/mol. The van der Waals surface area contributed by atoms with Crippen LogP contribution in [0.2, 0.25) is 0 Å². The lowest BCUT2D eigenvalue weighted by molar-refractivity contribution is -0.126. The lowest BCUT2D eigenvalue weighted by Crippen LogP contribution is -2.44. The zero-order valence-electron chi connectivity index (χ0n) is 10.4. The third-order valence-corrected chi connectivity index (χ3v) is 4.22. The van der Waals surface area contributed by atoms with Gasteiger partial charge in [-0.05, 0) is 25.0 Å². The molecule has 1 rings (SSSR count). The summed E-state index contributed by atoms with van der Waals surface area (Å²) in [6.45, 7) is 0.953. The minimum Gasteiger partial charge on any atom is -0.396 e. The molecule has 0 aromatic heterocycles. The second-order valence-corrected chi connectivity index (χ2v) is 5.76. The van der Waals surface area contributed by atoms with Crippen LogP contribution in [0.3, 0.4) is 0 Å². The van der Waals surface area contributed by atoms with Crippen LogP contribution in [0.15, 0.2) is 0 Å². The second kappa shape index (κ2) is 8.78. The number of hydrogen-bond acceptors (Lipinski definition) is 4. The Morgan fingerprint density at radius 3 is 2.82 bits per heavy atom. The van der Waals surface area contributed by atoms with Crippen molar-refractivity contribution in [1.29, 1.82) is 0 Å². The largest absolute Gasteiger partial charge is 0.396 e. The summed E-state index contributed by atoms with van der Waals surface area (Å²) in [5.41, 5.74) is 5.96. The molecule has 4 nitrogen and oxygen atoms in total. The number of carbonyl (C=O) groups excluding carboxylic acids is 1. The van der Waals surface area contributed by atoms with E-state index in [1.807, 2.05) is 0 Å². The summed E-state index contributed by atoms with van der Waals surface area (Å²) in [6.07, 6.45) is 5.01. The average molecular weight is 260 g/mol. The van der Waals surface area contributed by atoms with Crippen molar-refractivity contribution in [2.45, 2.75) is 38.1 Å². The quantitative estimate of drug-likeness (QED) is 0.590. The Bertz CT molecular complexity index is 227. The van der Waals surface area contributed by atoms with Crippen molar-refractivity contribution < 1.29 is 9.90 Å². The standard InChI is InChI=1S/C12H24N2O2S/c13-11-5-2-1-4-10(11)12(16)14-6-9-17-8-3-7-15/h10-11,15H,1-9,13H2,(H,14,16). The molecule has 0 heterocycles. The lowest BCUT2D eigenvalue weighted by atomic mass is 9.84. The van der Waals surface area contributed by atoms with Gasteiger partial charge >= 0.3 is 0 Å². The Kier molecular flexibility index (Phi) is 7.64. The van der Waals surface area contributed by atoms with Crippen LogP contribution in [0.5, 0.6) is 0 Å². The molecule has 2 atom stereocenters. The van der Waals surface area contributed by atoms with E-state index in [2.05, 4.69) is 5.32 Å². The van der Waals surface area contributed by atoms with Gasteiger partial charge in [-0.2, -0.15) is 11.8 Å². The summed E-state index contributed by atoms with van der Waals surface area (Å²) in [7, 11) is 0. The van der Waals surface area contributed by atoms with E-state index in [0.717, 1.165) is 43.6 Å². The number of aliphatic hydroxyl groups excluding tert-OH is 1. The molecular formula is C12H24N2O2S. The monoisotopic (exact) mass is 260 g/mol. The van der Waals surface area contributed by atoms with Gasteiger partial charge in [0.2, 0.25) is 5.91 Å². The van der Waals surface area contributed by atoms with Crippen molar-refractivity contribution in [2.75, 3.05) is 24.7 Å². The molecule has 5 heteroatoms. The SMILES string of the molecule is NC1CCCCC1C(=O)NCCSCCCO. The molecular weight excluding hydrogens is 236 g/mol. The maximum atomic E-state index is 11.9. The van der Waals surface area contributed by atoms with E-state index < -0.39 is 0 Å². The molecule has 1 fully saturated rings. The van der Waals surface area contributed by atoms with Gasteiger partial charge in [-0.3, -0.25) is 4.79 Å². The van der Waals surface area contributed by atoms with Gasteiger partial charge < -0.3 is 16.2 Å². The number of carbonyl (C=O) groups is 1. The van der Waals surface area contributed by atoms with E-state index in [-0.39, 0.29) is 24.5 Å². The van der Waals surface area contributed by atoms with E-state index in [4.69, 9.17) is 10.8 Å². The first-order chi connectivity index (χ1) is 8.25. The van der Waals surface area contributed by atoms with E-state index in [0.29, 0.717) is 6.54 Å². The molecule has 1 aliphatic carbocycles. The van der Waals surface area contributed by atoms with Crippen LogP contribution in [0, 0.1) is 5.92 Å². The molecule has 0 spiro atoms. The second-order valence-electron chi connectivity index (χ2n) is 4.54. The molecule has 0 aromatic carbocycles. The predicted octanol–water partition coefficient (Wildman–Crippen LogP) is 0.736. The van der Waals surface area contributed by atoms with Crippen LogP contribution < -0.4 is 11.1 Å². The van der Waals surface area contributed by atoms with Gasteiger partial charge in [-0.1, -0.05) is 12.8 Å². The highest BCUT2D eigenvalue weighted by atomic mass is 32.2.